The van der Waals surface area contributed by atoms with Crippen LogP contribution < -0.4 is 16.0 Å². The summed E-state index contributed by atoms with van der Waals surface area (Å²) in [5.74, 6) is 0.531. The van der Waals surface area contributed by atoms with Gasteiger partial charge in [-0.25, -0.2) is 0 Å². The Morgan fingerprint density at radius 3 is 2.53 bits per heavy atom. The predicted octanol–water partition coefficient (Wildman–Crippen LogP) is 2.74. The van der Waals surface area contributed by atoms with Crippen molar-refractivity contribution < 1.29 is 4.74 Å². The van der Waals surface area contributed by atoms with Crippen molar-refractivity contribution in [3.05, 3.63) is 39.1 Å². The van der Waals surface area contributed by atoms with E-state index in [0.717, 1.165) is 5.39 Å². The van der Waals surface area contributed by atoms with E-state index in [2.05, 4.69) is 4.98 Å². The van der Waals surface area contributed by atoms with E-state index in [0.29, 0.717) is 21.9 Å². The zero-order chi connectivity index (χ0) is 12.6. The zero-order valence-electron chi connectivity index (χ0n) is 10.5. The number of halogens is 2. The predicted molar refractivity (Wildman–Crippen MR) is 86.4 cm³/mol. The molecule has 19 heavy (non-hydrogen) atoms. The van der Waals surface area contributed by atoms with Crippen LogP contribution in [0.1, 0.15) is 18.5 Å². The first-order chi connectivity index (χ1) is 8.02. The molecule has 1 aromatic heterocycles. The summed E-state index contributed by atoms with van der Waals surface area (Å²) in [5.41, 5.74) is 6.76. The van der Waals surface area contributed by atoms with Gasteiger partial charge in [-0.05, 0) is 19.1 Å². The van der Waals surface area contributed by atoms with E-state index in [4.69, 9.17) is 22.1 Å². The van der Waals surface area contributed by atoms with Crippen LogP contribution in [0.25, 0.3) is 10.9 Å². The highest BCUT2D eigenvalue weighted by Gasteiger charge is 2.09. The molecule has 1 aromatic carbocycles. The molecule has 0 radical (unpaired) electrons. The highest BCUT2D eigenvalue weighted by molar-refractivity contribution is 7.59. The number of pyridine rings is 1. The number of fused-ring (bicyclic) bond motifs is 1. The summed E-state index contributed by atoms with van der Waals surface area (Å²) in [6.45, 7) is 1.77. The molecule has 0 aliphatic heterocycles. The Balaban J connectivity index is 0.00000162. The molecule has 0 saturated heterocycles. The van der Waals surface area contributed by atoms with Gasteiger partial charge in [-0.15, -0.1) is 12.4 Å². The maximum atomic E-state index is 11.7. The standard InChI is InChI=1S/C12H13ClN2O2.ClH.H2S/c1-6(14)8-3-7-4-9(13)11(17-2)5-10(7)15-12(8)16;;/h3-6H,14H2,1-2H3,(H,15,16);1H;1H2/t6-;;/m0../s1. The molecule has 0 aliphatic carbocycles. The monoisotopic (exact) mass is 322 g/mol. The molecule has 1 heterocycles. The molecule has 0 bridgehead atoms. The topological polar surface area (TPSA) is 68.1 Å². The Hall–Kier alpha value is -0.880. The molecule has 2 aromatic rings. The zero-order valence-corrected chi connectivity index (χ0v) is 13.1. The molecule has 2 rings (SSSR count). The van der Waals surface area contributed by atoms with Gasteiger partial charge in [0.15, 0.2) is 0 Å². The molecular formula is C12H16Cl2N2O2S. The molecule has 106 valence electrons. The van der Waals surface area contributed by atoms with E-state index in [1.165, 1.54) is 7.11 Å². The van der Waals surface area contributed by atoms with Crippen LogP contribution in [0, 0.1) is 0 Å². The fourth-order valence-electron chi connectivity index (χ4n) is 1.72. The maximum absolute atomic E-state index is 11.7. The van der Waals surface area contributed by atoms with Gasteiger partial charge in [0.25, 0.3) is 5.56 Å². The van der Waals surface area contributed by atoms with E-state index >= 15 is 0 Å². The van der Waals surface area contributed by atoms with E-state index in [1.54, 1.807) is 25.1 Å². The van der Waals surface area contributed by atoms with Crippen LogP contribution in [0.3, 0.4) is 0 Å². The van der Waals surface area contributed by atoms with Gasteiger partial charge in [0, 0.05) is 23.1 Å². The number of hydrogen-bond donors (Lipinski definition) is 2. The lowest BCUT2D eigenvalue weighted by molar-refractivity contribution is 0.415. The third-order valence-electron chi connectivity index (χ3n) is 2.64. The van der Waals surface area contributed by atoms with E-state index in [1.807, 2.05) is 0 Å². The van der Waals surface area contributed by atoms with Crippen molar-refractivity contribution in [2.24, 2.45) is 5.73 Å². The first-order valence-corrected chi connectivity index (χ1v) is 5.56. The van der Waals surface area contributed by atoms with Gasteiger partial charge in [0.05, 0.1) is 17.6 Å². The normalized spacial score (nSPS) is 11.4. The number of methoxy groups -OCH3 is 1. The number of benzene rings is 1. The van der Waals surface area contributed by atoms with Gasteiger partial charge >= 0.3 is 0 Å². The summed E-state index contributed by atoms with van der Waals surface area (Å²) in [6, 6.07) is 4.88. The Morgan fingerprint density at radius 1 is 1.37 bits per heavy atom. The lowest BCUT2D eigenvalue weighted by Crippen LogP contribution is -2.19. The largest absolute Gasteiger partial charge is 0.495 e. The first-order valence-electron chi connectivity index (χ1n) is 5.19. The van der Waals surface area contributed by atoms with Crippen molar-refractivity contribution >= 4 is 48.4 Å². The van der Waals surface area contributed by atoms with Crippen LogP contribution >= 0.6 is 37.5 Å². The van der Waals surface area contributed by atoms with Crippen molar-refractivity contribution in [2.75, 3.05) is 7.11 Å². The number of H-pyrrole nitrogens is 1. The van der Waals surface area contributed by atoms with Crippen molar-refractivity contribution in [1.29, 1.82) is 0 Å². The van der Waals surface area contributed by atoms with Crippen LogP contribution in [0.2, 0.25) is 5.02 Å². The molecule has 0 unspecified atom stereocenters. The van der Waals surface area contributed by atoms with Crippen LogP contribution in [0.15, 0.2) is 23.0 Å². The van der Waals surface area contributed by atoms with Gasteiger partial charge in [0.2, 0.25) is 0 Å². The minimum atomic E-state index is -0.316. The van der Waals surface area contributed by atoms with Crippen LogP contribution in [-0.4, -0.2) is 12.1 Å². The molecule has 7 heteroatoms. The lowest BCUT2D eigenvalue weighted by Gasteiger charge is -2.08. The number of ether oxygens (including phenoxy) is 1. The third-order valence-corrected chi connectivity index (χ3v) is 2.93. The molecule has 4 nitrogen and oxygen atoms in total. The second-order valence-electron chi connectivity index (χ2n) is 3.92. The molecule has 0 fully saturated rings. The summed E-state index contributed by atoms with van der Waals surface area (Å²) >= 11 is 6.03. The maximum Gasteiger partial charge on any atom is 0.253 e. The summed E-state index contributed by atoms with van der Waals surface area (Å²) < 4.78 is 5.09. The number of hydrogen-bond acceptors (Lipinski definition) is 3. The number of rotatable bonds is 2. The first kappa shape index (κ1) is 18.1. The van der Waals surface area contributed by atoms with Gasteiger partial charge in [-0.2, -0.15) is 13.5 Å². The van der Waals surface area contributed by atoms with Crippen molar-refractivity contribution in [3.63, 3.8) is 0 Å². The Morgan fingerprint density at radius 2 is 2.00 bits per heavy atom. The Kier molecular flexibility index (Phi) is 6.72. The second-order valence-corrected chi connectivity index (χ2v) is 4.32. The van der Waals surface area contributed by atoms with Crippen LogP contribution in [-0.2, 0) is 0 Å². The number of aromatic amines is 1. The van der Waals surface area contributed by atoms with E-state index in [-0.39, 0.29) is 37.5 Å². The average Bonchev–Trinajstić information content (AvgIpc) is 2.27. The third kappa shape index (κ3) is 3.57. The summed E-state index contributed by atoms with van der Waals surface area (Å²) in [5, 5.41) is 1.34. The molecule has 0 spiro atoms. The Bertz CT molecular complexity index is 629. The molecule has 0 amide bonds. The Labute approximate surface area is 129 Å². The summed E-state index contributed by atoms with van der Waals surface area (Å²) in [7, 11) is 1.53. The fourth-order valence-corrected chi connectivity index (χ4v) is 1.97. The minimum Gasteiger partial charge on any atom is -0.495 e. The summed E-state index contributed by atoms with van der Waals surface area (Å²) in [4.78, 5) is 14.5. The molecule has 0 aliphatic rings. The molecule has 0 saturated carbocycles. The lowest BCUT2D eigenvalue weighted by atomic mass is 10.1. The van der Waals surface area contributed by atoms with E-state index < -0.39 is 0 Å². The van der Waals surface area contributed by atoms with Gasteiger partial charge < -0.3 is 15.5 Å². The van der Waals surface area contributed by atoms with Crippen LogP contribution in [0.4, 0.5) is 0 Å². The SMILES string of the molecule is COc1cc2[nH]c(=O)c([C@H](C)N)cc2cc1Cl.Cl.S. The number of aromatic nitrogens is 1. The van der Waals surface area contributed by atoms with E-state index in [9.17, 15) is 4.79 Å². The van der Waals surface area contributed by atoms with Crippen molar-refractivity contribution in [3.8, 4) is 5.75 Å². The quantitative estimate of drug-likeness (QED) is 0.893. The number of nitrogens with two attached hydrogens (primary N) is 1. The number of nitrogens with one attached hydrogen (secondary N) is 1. The van der Waals surface area contributed by atoms with Gasteiger partial charge in [-0.1, -0.05) is 11.6 Å². The fraction of sp³-hybridized carbons (Fsp3) is 0.250. The molecular weight excluding hydrogens is 307 g/mol. The van der Waals surface area contributed by atoms with Crippen molar-refractivity contribution in [2.45, 2.75) is 13.0 Å². The van der Waals surface area contributed by atoms with Gasteiger partial charge in [0.1, 0.15) is 5.75 Å². The van der Waals surface area contributed by atoms with Gasteiger partial charge in [-0.3, -0.25) is 4.79 Å². The van der Waals surface area contributed by atoms with Crippen molar-refractivity contribution in [1.82, 2.24) is 4.98 Å². The highest BCUT2D eigenvalue weighted by Crippen LogP contribution is 2.29. The average molecular weight is 323 g/mol. The minimum absolute atomic E-state index is 0. The highest BCUT2D eigenvalue weighted by atomic mass is 35.5. The molecule has 3 N–H and O–H groups in total. The van der Waals surface area contributed by atoms with Crippen LogP contribution in [0.5, 0.6) is 5.75 Å². The molecule has 1 atom stereocenters. The smallest absolute Gasteiger partial charge is 0.253 e. The summed E-state index contributed by atoms with van der Waals surface area (Å²) in [6.07, 6.45) is 0. The second kappa shape index (κ2) is 7.05.